The van der Waals surface area contributed by atoms with Gasteiger partial charge in [0.2, 0.25) is 17.8 Å². The molecule has 0 bridgehead atoms. The van der Waals surface area contributed by atoms with E-state index in [0.29, 0.717) is 71.4 Å². The predicted molar refractivity (Wildman–Crippen MR) is 250 cm³/mol. The van der Waals surface area contributed by atoms with Crippen molar-refractivity contribution in [3.63, 3.8) is 0 Å². The molecule has 4 heterocycles. The van der Waals surface area contributed by atoms with Crippen LogP contribution in [-0.4, -0.2) is 102 Å². The maximum atomic E-state index is 15.9. The van der Waals surface area contributed by atoms with E-state index in [-0.39, 0.29) is 54.1 Å². The number of nitriles is 1. The summed E-state index contributed by atoms with van der Waals surface area (Å²) in [7, 11) is -3.72. The molecule has 67 heavy (non-hydrogen) atoms. The molecule has 1 aliphatic carbocycles. The van der Waals surface area contributed by atoms with Crippen molar-refractivity contribution in [2.45, 2.75) is 81.7 Å². The van der Waals surface area contributed by atoms with Crippen LogP contribution in [-0.2, 0) is 39.1 Å². The number of amides is 3. The molecule has 0 radical (unpaired) electrons. The average Bonchev–Trinajstić information content (AvgIpc) is 3.93. The first-order chi connectivity index (χ1) is 32.3. The Hall–Kier alpha value is -6.94. The molecular weight excluding hydrogens is 876 g/mol. The Morgan fingerprint density at radius 2 is 1.79 bits per heavy atom. The van der Waals surface area contributed by atoms with Gasteiger partial charge in [0.1, 0.15) is 6.04 Å². The molecule has 3 atom stereocenters. The summed E-state index contributed by atoms with van der Waals surface area (Å²) < 4.78 is 42.6. The molecule has 5 aromatic rings. The lowest BCUT2D eigenvalue weighted by Crippen LogP contribution is -2.52. The SMILES string of the molecule is Cc1ccc(CO)cc1N(Cc1ccccc1C#N)c1nc(Nc2ccc(N3CCN(C4CCC(Nc5cccc6c5CN(C5CCC(=O)NC5=O)C6=O)C4)CC3)c(S(C)(=O)=O)c2)ncc1F. The van der Waals surface area contributed by atoms with Crippen molar-refractivity contribution in [2.75, 3.05) is 52.9 Å². The summed E-state index contributed by atoms with van der Waals surface area (Å²) in [6, 6.07) is 25.1. The van der Waals surface area contributed by atoms with Gasteiger partial charge in [-0.1, -0.05) is 36.4 Å². The smallest absolute Gasteiger partial charge is 0.255 e. The van der Waals surface area contributed by atoms with Crippen LogP contribution in [0.15, 0.2) is 90.0 Å². The number of rotatable bonds is 13. The van der Waals surface area contributed by atoms with Crippen molar-refractivity contribution >= 4 is 62.1 Å². The van der Waals surface area contributed by atoms with E-state index < -0.39 is 27.6 Å². The number of aromatic nitrogens is 2. The van der Waals surface area contributed by atoms with Crippen LogP contribution in [0.2, 0.25) is 0 Å². The molecule has 3 aliphatic heterocycles. The Balaban J connectivity index is 0.870. The normalized spacial score (nSPS) is 19.8. The second-order valence-corrected chi connectivity index (χ2v) is 19.6. The molecule has 346 valence electrons. The number of sulfone groups is 1. The summed E-state index contributed by atoms with van der Waals surface area (Å²) in [5.74, 6) is -1.73. The second-order valence-electron chi connectivity index (χ2n) is 17.6. The number of hydrogen-bond acceptors (Lipinski definition) is 14. The number of nitrogens with one attached hydrogen (secondary N) is 3. The van der Waals surface area contributed by atoms with Gasteiger partial charge in [0, 0.05) is 85.7 Å². The quantitative estimate of drug-likeness (QED) is 0.105. The van der Waals surface area contributed by atoms with Gasteiger partial charge in [0.05, 0.1) is 41.6 Å². The number of imide groups is 1. The first-order valence-electron chi connectivity index (χ1n) is 22.4. The number of carbonyl (C=O) groups is 3. The lowest BCUT2D eigenvalue weighted by atomic mass is 10.0. The second kappa shape index (κ2) is 18.7. The van der Waals surface area contributed by atoms with E-state index in [4.69, 9.17) is 0 Å². The van der Waals surface area contributed by atoms with E-state index in [1.165, 1.54) is 6.26 Å². The molecule has 1 saturated carbocycles. The van der Waals surface area contributed by atoms with E-state index in [0.717, 1.165) is 55.4 Å². The van der Waals surface area contributed by atoms with E-state index >= 15 is 4.39 Å². The number of anilines is 6. The standard InChI is InChI=1S/C49H51FN10O6S/c1-30-10-11-31(29-61)22-43(30)59(27-33-7-4-3-6-32(33)25-51)46-39(50)26-52-49(56-46)54-35-13-15-41(44(24-35)67(2,65)66)58-20-18-57(19-21-58)36-14-12-34(23-36)53-40-9-5-8-37-38(40)28-60(48(37)64)42-16-17-45(62)55-47(42)63/h3-11,13,15,22,24,26,34,36,42,53,61H,12,14,16-21,23,27-29H2,1-2H3,(H,52,54,56)(H,55,62,63). The number of carbonyl (C=O) groups excluding carboxylic acids is 3. The molecule has 4 N–H and O–H groups in total. The van der Waals surface area contributed by atoms with Crippen molar-refractivity contribution in [3.05, 3.63) is 124 Å². The highest BCUT2D eigenvalue weighted by Gasteiger charge is 2.41. The molecule has 3 amide bonds. The molecule has 18 heteroatoms. The van der Waals surface area contributed by atoms with E-state index in [1.807, 2.05) is 25.1 Å². The Morgan fingerprint density at radius 3 is 2.55 bits per heavy atom. The molecule has 2 saturated heterocycles. The number of fused-ring (bicyclic) bond motifs is 1. The molecule has 16 nitrogen and oxygen atoms in total. The average molecular weight is 927 g/mol. The molecule has 9 rings (SSSR count). The number of piperidine rings is 1. The number of hydrogen-bond donors (Lipinski definition) is 4. The first-order valence-corrected chi connectivity index (χ1v) is 24.3. The van der Waals surface area contributed by atoms with Crippen molar-refractivity contribution in [1.29, 1.82) is 5.26 Å². The third kappa shape index (κ3) is 9.40. The minimum Gasteiger partial charge on any atom is -0.392 e. The number of aliphatic hydroxyl groups excluding tert-OH is 1. The minimum atomic E-state index is -3.72. The van der Waals surface area contributed by atoms with Crippen molar-refractivity contribution in [2.24, 2.45) is 0 Å². The highest BCUT2D eigenvalue weighted by molar-refractivity contribution is 7.90. The van der Waals surface area contributed by atoms with Crippen LogP contribution in [0.4, 0.5) is 38.9 Å². The van der Waals surface area contributed by atoms with E-state index in [2.05, 4.69) is 41.8 Å². The summed E-state index contributed by atoms with van der Waals surface area (Å²) in [5.41, 5.74) is 6.32. The van der Waals surface area contributed by atoms with Crippen LogP contribution in [0.5, 0.6) is 0 Å². The molecule has 1 aromatic heterocycles. The van der Waals surface area contributed by atoms with Gasteiger partial charge in [-0.25, -0.2) is 17.8 Å². The monoisotopic (exact) mass is 926 g/mol. The number of aliphatic hydroxyl groups is 1. The van der Waals surface area contributed by atoms with Gasteiger partial charge < -0.3 is 30.4 Å². The van der Waals surface area contributed by atoms with Gasteiger partial charge in [-0.05, 0) is 91.8 Å². The Labute approximate surface area is 388 Å². The highest BCUT2D eigenvalue weighted by Crippen LogP contribution is 2.37. The lowest BCUT2D eigenvalue weighted by Gasteiger charge is -2.39. The van der Waals surface area contributed by atoms with Crippen LogP contribution in [0.1, 0.15) is 70.3 Å². The number of aryl methyl sites for hydroxylation is 1. The third-order valence-electron chi connectivity index (χ3n) is 13.3. The molecule has 4 aliphatic rings. The summed E-state index contributed by atoms with van der Waals surface area (Å²) in [6.07, 6.45) is 5.55. The van der Waals surface area contributed by atoms with Crippen molar-refractivity contribution < 1.29 is 32.3 Å². The van der Waals surface area contributed by atoms with E-state index in [9.17, 15) is 33.2 Å². The van der Waals surface area contributed by atoms with Crippen LogP contribution in [0.25, 0.3) is 0 Å². The molecular formula is C49H51FN10O6S. The Bertz CT molecular complexity index is 2920. The summed E-state index contributed by atoms with van der Waals surface area (Å²) in [4.78, 5) is 54.4. The van der Waals surface area contributed by atoms with Gasteiger partial charge >= 0.3 is 0 Å². The zero-order valence-electron chi connectivity index (χ0n) is 37.2. The predicted octanol–water partition coefficient (Wildman–Crippen LogP) is 5.69. The maximum Gasteiger partial charge on any atom is 0.255 e. The fourth-order valence-electron chi connectivity index (χ4n) is 9.83. The molecule has 4 aromatic carbocycles. The lowest BCUT2D eigenvalue weighted by molar-refractivity contribution is -0.136. The molecule has 3 unspecified atom stereocenters. The van der Waals surface area contributed by atoms with Crippen molar-refractivity contribution in [3.8, 4) is 6.07 Å². The number of nitrogens with zero attached hydrogens (tertiary/aromatic N) is 7. The largest absolute Gasteiger partial charge is 0.392 e. The first kappa shape index (κ1) is 45.2. The minimum absolute atomic E-state index is 0.0236. The van der Waals surface area contributed by atoms with Crippen LogP contribution >= 0.6 is 0 Å². The van der Waals surface area contributed by atoms with E-state index in [1.54, 1.807) is 70.5 Å². The third-order valence-corrected chi connectivity index (χ3v) is 14.5. The van der Waals surface area contributed by atoms with Gasteiger partial charge in [-0.15, -0.1) is 0 Å². The summed E-state index contributed by atoms with van der Waals surface area (Å²) >= 11 is 0. The van der Waals surface area contributed by atoms with Crippen molar-refractivity contribution in [1.82, 2.24) is 25.1 Å². The Kier molecular flexibility index (Phi) is 12.7. The summed E-state index contributed by atoms with van der Waals surface area (Å²) in [6.45, 7) is 4.70. The number of halogens is 1. The fourth-order valence-corrected chi connectivity index (χ4v) is 10.7. The zero-order valence-corrected chi connectivity index (χ0v) is 38.0. The zero-order chi connectivity index (χ0) is 47.0. The molecule has 3 fully saturated rings. The molecule has 0 spiro atoms. The van der Waals surface area contributed by atoms with Gasteiger partial charge in [-0.2, -0.15) is 10.2 Å². The van der Waals surface area contributed by atoms with Crippen LogP contribution in [0.3, 0.4) is 0 Å². The topological polar surface area (TPSA) is 204 Å². The maximum absolute atomic E-state index is 15.9. The fraction of sp³-hybridized carbons (Fsp3) is 0.347. The van der Waals surface area contributed by atoms with Crippen LogP contribution < -0.4 is 25.8 Å². The van der Waals surface area contributed by atoms with Gasteiger partial charge in [-0.3, -0.25) is 24.6 Å². The Morgan fingerprint density at radius 1 is 0.985 bits per heavy atom. The van der Waals surface area contributed by atoms with Crippen LogP contribution in [0, 0.1) is 24.1 Å². The summed E-state index contributed by atoms with van der Waals surface area (Å²) in [5, 5.41) is 29.0. The van der Waals surface area contributed by atoms with Gasteiger partial charge in [0.15, 0.2) is 21.5 Å². The van der Waals surface area contributed by atoms with Gasteiger partial charge in [0.25, 0.3) is 5.91 Å². The number of benzene rings is 4. The number of piperazine rings is 1. The highest BCUT2D eigenvalue weighted by atomic mass is 32.2.